The molecule has 132 valence electrons. The molecule has 0 bridgehead atoms. The Morgan fingerprint density at radius 1 is 1.08 bits per heavy atom. The Labute approximate surface area is 152 Å². The van der Waals surface area contributed by atoms with E-state index in [1.54, 1.807) is 11.8 Å². The maximum atomic E-state index is 12.0. The molecule has 0 radical (unpaired) electrons. The zero-order valence-electron chi connectivity index (χ0n) is 14.6. The van der Waals surface area contributed by atoms with Crippen molar-refractivity contribution in [2.45, 2.75) is 37.0 Å². The molecule has 0 atom stereocenters. The van der Waals surface area contributed by atoms with Crippen LogP contribution in [0.2, 0.25) is 0 Å². The molecule has 2 aromatic carbocycles. The first kappa shape index (κ1) is 17.5. The molecule has 6 heteroatoms. The Morgan fingerprint density at radius 2 is 1.80 bits per heavy atom. The van der Waals surface area contributed by atoms with Crippen molar-refractivity contribution in [2.75, 3.05) is 12.1 Å². The van der Waals surface area contributed by atoms with E-state index in [0.717, 1.165) is 17.0 Å². The van der Waals surface area contributed by atoms with Crippen molar-refractivity contribution < 1.29 is 14.3 Å². The summed E-state index contributed by atoms with van der Waals surface area (Å²) in [5, 5.41) is 5.68. The zero-order valence-corrected chi connectivity index (χ0v) is 15.4. The van der Waals surface area contributed by atoms with E-state index in [9.17, 15) is 4.79 Å². The minimum absolute atomic E-state index is 0.164. The lowest BCUT2D eigenvalue weighted by Crippen LogP contribution is -2.28. The third-order valence-corrected chi connectivity index (χ3v) is 4.55. The van der Waals surface area contributed by atoms with Crippen molar-refractivity contribution in [1.29, 1.82) is 0 Å². The quantitative estimate of drug-likeness (QED) is 0.783. The fraction of sp³-hybridized carbons (Fsp3) is 0.316. The standard InChI is InChI=1S/C19H22N2O3S/c1-19(2,3)25-15-7-5-14(6-8-15)21-18(22)20-11-13-4-9-16-17(10-13)24-12-23-16/h4-10H,11-12H2,1-3H3,(H2,20,21,22). The van der Waals surface area contributed by atoms with Gasteiger partial charge in [0.25, 0.3) is 0 Å². The van der Waals surface area contributed by atoms with Gasteiger partial charge in [0.2, 0.25) is 6.79 Å². The number of nitrogens with one attached hydrogen (secondary N) is 2. The maximum absolute atomic E-state index is 12.0. The van der Waals surface area contributed by atoms with Gasteiger partial charge in [-0.3, -0.25) is 0 Å². The zero-order chi connectivity index (χ0) is 17.9. The van der Waals surface area contributed by atoms with E-state index in [2.05, 4.69) is 31.4 Å². The molecule has 1 aliphatic heterocycles. The van der Waals surface area contributed by atoms with Crippen molar-refractivity contribution in [3.05, 3.63) is 48.0 Å². The molecule has 0 aromatic heterocycles. The number of thioether (sulfide) groups is 1. The summed E-state index contributed by atoms with van der Waals surface area (Å²) in [6, 6.07) is 13.2. The van der Waals surface area contributed by atoms with E-state index in [1.165, 1.54) is 4.90 Å². The van der Waals surface area contributed by atoms with E-state index >= 15 is 0 Å². The predicted molar refractivity (Wildman–Crippen MR) is 100 cm³/mol. The number of fused-ring (bicyclic) bond motifs is 1. The molecule has 1 heterocycles. The summed E-state index contributed by atoms with van der Waals surface area (Å²) in [7, 11) is 0. The van der Waals surface area contributed by atoms with Gasteiger partial charge >= 0.3 is 6.03 Å². The summed E-state index contributed by atoms with van der Waals surface area (Å²) in [5.74, 6) is 1.45. The lowest BCUT2D eigenvalue weighted by Gasteiger charge is -2.17. The Morgan fingerprint density at radius 3 is 2.52 bits per heavy atom. The van der Waals surface area contributed by atoms with Crippen molar-refractivity contribution >= 4 is 23.5 Å². The fourth-order valence-electron chi connectivity index (χ4n) is 2.37. The largest absolute Gasteiger partial charge is 0.454 e. The molecule has 1 aliphatic rings. The first-order valence-electron chi connectivity index (χ1n) is 8.11. The highest BCUT2D eigenvalue weighted by Gasteiger charge is 2.14. The molecule has 25 heavy (non-hydrogen) atoms. The van der Waals surface area contributed by atoms with Crippen LogP contribution in [0.15, 0.2) is 47.4 Å². The van der Waals surface area contributed by atoms with Crippen LogP contribution in [0, 0.1) is 0 Å². The van der Waals surface area contributed by atoms with Gasteiger partial charge in [-0.25, -0.2) is 4.79 Å². The van der Waals surface area contributed by atoms with Gasteiger partial charge in [-0.1, -0.05) is 26.8 Å². The smallest absolute Gasteiger partial charge is 0.319 e. The summed E-state index contributed by atoms with van der Waals surface area (Å²) in [6.07, 6.45) is 0. The van der Waals surface area contributed by atoms with Gasteiger partial charge in [-0.15, -0.1) is 11.8 Å². The van der Waals surface area contributed by atoms with Gasteiger partial charge in [0.1, 0.15) is 0 Å². The van der Waals surface area contributed by atoms with Crippen LogP contribution in [-0.2, 0) is 6.54 Å². The number of urea groups is 1. The number of carbonyl (C=O) groups is 1. The number of carbonyl (C=O) groups excluding carboxylic acids is 1. The molecule has 2 amide bonds. The average molecular weight is 358 g/mol. The second kappa shape index (κ2) is 7.27. The van der Waals surface area contributed by atoms with Crippen molar-refractivity contribution in [3.8, 4) is 11.5 Å². The lowest BCUT2D eigenvalue weighted by molar-refractivity contribution is 0.174. The Balaban J connectivity index is 1.50. The molecular weight excluding hydrogens is 336 g/mol. The molecule has 2 N–H and O–H groups in total. The highest BCUT2D eigenvalue weighted by atomic mass is 32.2. The molecule has 3 rings (SSSR count). The normalized spacial score (nSPS) is 12.8. The number of anilines is 1. The monoisotopic (exact) mass is 358 g/mol. The van der Waals surface area contributed by atoms with Crippen LogP contribution in [-0.4, -0.2) is 17.6 Å². The molecule has 0 aliphatic carbocycles. The number of benzene rings is 2. The second-order valence-corrected chi connectivity index (χ2v) is 8.63. The van der Waals surface area contributed by atoms with Gasteiger partial charge in [0.05, 0.1) is 0 Å². The van der Waals surface area contributed by atoms with E-state index in [4.69, 9.17) is 9.47 Å². The van der Waals surface area contributed by atoms with Crippen LogP contribution in [0.5, 0.6) is 11.5 Å². The molecule has 0 saturated carbocycles. The summed E-state index contributed by atoms with van der Waals surface area (Å²) in [5.41, 5.74) is 1.72. The fourth-order valence-corrected chi connectivity index (χ4v) is 3.35. The number of rotatable bonds is 4. The second-order valence-electron chi connectivity index (χ2n) is 6.73. The van der Waals surface area contributed by atoms with Crippen LogP contribution in [0.1, 0.15) is 26.3 Å². The number of hydrogen-bond acceptors (Lipinski definition) is 4. The van der Waals surface area contributed by atoms with Gasteiger partial charge in [0, 0.05) is 21.9 Å². The van der Waals surface area contributed by atoms with E-state index in [1.807, 2.05) is 42.5 Å². The number of ether oxygens (including phenoxy) is 2. The molecule has 5 nitrogen and oxygen atoms in total. The van der Waals surface area contributed by atoms with Crippen LogP contribution in [0.4, 0.5) is 10.5 Å². The summed E-state index contributed by atoms with van der Waals surface area (Å²) < 4.78 is 10.8. The third kappa shape index (κ3) is 5.06. The first-order valence-corrected chi connectivity index (χ1v) is 8.93. The topological polar surface area (TPSA) is 59.6 Å². The minimum Gasteiger partial charge on any atom is -0.454 e. The van der Waals surface area contributed by atoms with Gasteiger partial charge in [-0.05, 0) is 42.0 Å². The van der Waals surface area contributed by atoms with Crippen LogP contribution in [0.25, 0.3) is 0 Å². The molecule has 0 fully saturated rings. The highest BCUT2D eigenvalue weighted by molar-refractivity contribution is 8.00. The molecule has 0 unspecified atom stereocenters. The molecule has 0 saturated heterocycles. The van der Waals surface area contributed by atoms with Crippen LogP contribution < -0.4 is 20.1 Å². The van der Waals surface area contributed by atoms with Gasteiger partial charge in [-0.2, -0.15) is 0 Å². The highest BCUT2D eigenvalue weighted by Crippen LogP contribution is 2.33. The van der Waals surface area contributed by atoms with Crippen LogP contribution in [0.3, 0.4) is 0 Å². The van der Waals surface area contributed by atoms with Crippen molar-refractivity contribution in [3.63, 3.8) is 0 Å². The van der Waals surface area contributed by atoms with E-state index < -0.39 is 0 Å². The van der Waals surface area contributed by atoms with Gasteiger partial charge < -0.3 is 20.1 Å². The summed E-state index contributed by atoms with van der Waals surface area (Å²) in [4.78, 5) is 13.2. The number of amides is 2. The average Bonchev–Trinajstić information content (AvgIpc) is 3.01. The summed E-state index contributed by atoms with van der Waals surface area (Å²) >= 11 is 1.80. The van der Waals surface area contributed by atoms with Gasteiger partial charge in [0.15, 0.2) is 11.5 Å². The predicted octanol–water partition coefficient (Wildman–Crippen LogP) is 4.63. The maximum Gasteiger partial charge on any atom is 0.319 e. The number of hydrogen-bond donors (Lipinski definition) is 2. The third-order valence-electron chi connectivity index (χ3n) is 3.43. The molecule has 0 spiro atoms. The molecule has 2 aromatic rings. The van der Waals surface area contributed by atoms with Crippen molar-refractivity contribution in [2.24, 2.45) is 0 Å². The van der Waals surface area contributed by atoms with E-state index in [-0.39, 0.29) is 17.6 Å². The van der Waals surface area contributed by atoms with Crippen molar-refractivity contribution in [1.82, 2.24) is 5.32 Å². The Bertz CT molecular complexity index is 754. The lowest BCUT2D eigenvalue weighted by atomic mass is 10.2. The van der Waals surface area contributed by atoms with Crippen LogP contribution >= 0.6 is 11.8 Å². The van der Waals surface area contributed by atoms with E-state index in [0.29, 0.717) is 12.3 Å². The molecular formula is C19H22N2O3S. The Kier molecular flexibility index (Phi) is 5.08. The minimum atomic E-state index is -0.242. The Hall–Kier alpha value is -2.34. The first-order chi connectivity index (χ1) is 11.9. The summed E-state index contributed by atoms with van der Waals surface area (Å²) in [6.45, 7) is 7.19. The SMILES string of the molecule is CC(C)(C)Sc1ccc(NC(=O)NCc2ccc3c(c2)OCO3)cc1.